The monoisotopic (exact) mass is 2050 g/mol. The van der Waals surface area contributed by atoms with E-state index in [-0.39, 0.29) is 0 Å². The van der Waals surface area contributed by atoms with Crippen LogP contribution in [0, 0.1) is 0 Å². The highest BCUT2D eigenvalue weighted by Gasteiger charge is 2.63. The number of nitrogens with one attached hydrogen (secondary N) is 6. The lowest BCUT2D eigenvalue weighted by Crippen LogP contribution is -2.71. The molecule has 11 rings (SSSR count). The largest absolute Gasteiger partial charge is 0.394 e. The lowest BCUT2D eigenvalue weighted by atomic mass is 9.93. The Balaban J connectivity index is 0.917. The summed E-state index contributed by atoms with van der Waals surface area (Å²) < 4.78 is 126. The maximum atomic E-state index is 13.4. The predicted octanol–water partition coefficient (Wildman–Crippen LogP) is -24.1. The van der Waals surface area contributed by atoms with Crippen molar-refractivity contribution in [1.82, 2.24) is 31.9 Å². The number of ether oxygens (including phenoxy) is 21. The Morgan fingerprint density at radius 2 is 0.400 bits per heavy atom. The van der Waals surface area contributed by atoms with Gasteiger partial charge in [-0.3, -0.25) is 28.8 Å². The fraction of sp³-hybridized carbons (Fsp3) is 0.923. The molecule has 35 N–H and O–H groups in total. The molecular weight excluding hydrogens is 1920 g/mol. The molecule has 11 aliphatic rings. The van der Waals surface area contributed by atoms with Crippen molar-refractivity contribution in [2.24, 2.45) is 0 Å². The van der Waals surface area contributed by atoms with Crippen molar-refractivity contribution in [2.75, 3.05) is 72.7 Å². The van der Waals surface area contributed by atoms with Gasteiger partial charge in [0.25, 0.3) is 0 Å². The Kier molecular flexibility index (Phi) is 41.7. The van der Waals surface area contributed by atoms with Crippen molar-refractivity contribution < 1.29 is 276 Å². The third-order valence-electron chi connectivity index (χ3n) is 25.4. The zero-order valence-corrected chi connectivity index (χ0v) is 75.5. The Labute approximate surface area is 792 Å². The summed E-state index contributed by atoms with van der Waals surface area (Å²) in [5.41, 5.74) is 0. The van der Waals surface area contributed by atoms with Gasteiger partial charge in [-0.1, -0.05) is 0 Å². The number of hydrogen-bond acceptors (Lipinski definition) is 56. The Morgan fingerprint density at radius 3 is 0.736 bits per heavy atom. The minimum absolute atomic E-state index is 0.820. The van der Waals surface area contributed by atoms with Crippen LogP contribution in [-0.4, -0.2) is 594 Å². The van der Waals surface area contributed by atoms with Gasteiger partial charge in [-0.2, -0.15) is 0 Å². The zero-order chi connectivity index (χ0) is 103. The highest BCUT2D eigenvalue weighted by Crippen LogP contribution is 2.42. The van der Waals surface area contributed by atoms with E-state index in [2.05, 4.69) is 31.9 Å². The van der Waals surface area contributed by atoms with Crippen LogP contribution in [0.15, 0.2) is 0 Å². The molecule has 55 atom stereocenters. The molecule has 140 heavy (non-hydrogen) atoms. The average Bonchev–Trinajstić information content (AvgIpc) is 0.755. The lowest BCUT2D eigenvalue weighted by molar-refractivity contribution is -0.398. The molecule has 11 saturated heterocycles. The first-order chi connectivity index (χ1) is 66.3. The predicted molar refractivity (Wildman–Crippen MR) is 432 cm³/mol. The van der Waals surface area contributed by atoms with Crippen LogP contribution in [0.1, 0.15) is 41.5 Å². The van der Waals surface area contributed by atoms with E-state index in [1.54, 1.807) is 0 Å². The van der Waals surface area contributed by atoms with E-state index in [1.807, 2.05) is 0 Å². The lowest BCUT2D eigenvalue weighted by Gasteiger charge is -2.51. The van der Waals surface area contributed by atoms with Gasteiger partial charge in [0.05, 0.1) is 72.7 Å². The molecule has 11 fully saturated rings. The highest BCUT2D eigenvalue weighted by molar-refractivity contribution is 5.75. The third-order valence-corrected chi connectivity index (χ3v) is 25.4. The van der Waals surface area contributed by atoms with E-state index < -0.39 is 446 Å². The maximum Gasteiger partial charge on any atom is 0.217 e. The molecule has 0 aromatic carbocycles. The SMILES string of the molecule is CC(=O)N[C@@H]1[C@@H](O)[C@H](O[C@@H]2O[C@H](CO)[C@@H](O[C@@H]3O[C@H](CO[C@H]4O[C@H](CO)[C@@H](O)[C@H](O)[C@@H]4O[C@@H]4O[C@H](CO)[C@@H](O[C@@H]5O[C@H](CO)[C@H](O)[C@H](O[C@@H]6O[C@H](CO)[C@H](O)[C@H](O)[C@H]6O)[C@H]5NC(C)=O)[C@H](O)[C@H]4NC(C)=O)[C@@H](O)[C@H](O[C@H]4O[C@H](CO)[C@@H](O)[C@H](O)[C@@H]4O[C@@H]4O[C@H](CO)[C@@H](O[C@@H]5O[C@H](CO)[C@H](O)[C@H](O[C@@H]6O[C@H](CO)[C@H](O)[C@H](O)[C@H]6O)[C@H]5NC(C)=O)[C@H](O)[C@H]4NC(C)=O)[C@@H]3O)[C@H](O)[C@H]2NC(C)=O)[C@@H](CO)O[C@H]1O. The molecule has 0 saturated carbocycles. The number of rotatable bonds is 37. The normalized spacial score (nSPS) is 48.1. The summed E-state index contributed by atoms with van der Waals surface area (Å²) >= 11 is 0. The minimum atomic E-state index is -2.67. The first-order valence-corrected chi connectivity index (χ1v) is 44.6. The van der Waals surface area contributed by atoms with Crippen molar-refractivity contribution >= 4 is 35.4 Å². The van der Waals surface area contributed by atoms with Crippen molar-refractivity contribution in [3.8, 4) is 0 Å². The molecule has 6 amide bonds. The topological polar surface area (TPSA) is 955 Å². The van der Waals surface area contributed by atoms with E-state index in [0.29, 0.717) is 0 Å². The number of amides is 6. The fourth-order valence-electron chi connectivity index (χ4n) is 18.2. The third kappa shape index (κ3) is 25.7. The van der Waals surface area contributed by atoms with Gasteiger partial charge in [0.2, 0.25) is 35.4 Å². The zero-order valence-electron chi connectivity index (χ0n) is 75.5. The van der Waals surface area contributed by atoms with E-state index in [4.69, 9.17) is 99.5 Å². The quantitative estimate of drug-likeness (QED) is 0.0275. The minimum Gasteiger partial charge on any atom is -0.394 e. The second-order valence-corrected chi connectivity index (χ2v) is 35.2. The van der Waals surface area contributed by atoms with Crippen LogP contribution in [-0.2, 0) is 128 Å². The summed E-state index contributed by atoms with van der Waals surface area (Å²) in [6, 6.07) is -11.6. The van der Waals surface area contributed by atoms with Crippen LogP contribution in [0.2, 0.25) is 0 Å². The van der Waals surface area contributed by atoms with E-state index >= 15 is 0 Å². The van der Waals surface area contributed by atoms with Gasteiger partial charge in [-0.15, -0.1) is 0 Å². The molecule has 0 aromatic heterocycles. The molecule has 0 aromatic rings. The summed E-state index contributed by atoms with van der Waals surface area (Å²) in [5, 5.41) is 341. The molecule has 0 radical (unpaired) electrons. The van der Waals surface area contributed by atoms with Crippen molar-refractivity contribution in [3.05, 3.63) is 0 Å². The molecule has 11 heterocycles. The van der Waals surface area contributed by atoms with Crippen LogP contribution in [0.5, 0.6) is 0 Å². The van der Waals surface area contributed by atoms with Crippen LogP contribution >= 0.6 is 0 Å². The smallest absolute Gasteiger partial charge is 0.217 e. The number of aliphatic hydroxyl groups is 29. The fourth-order valence-corrected chi connectivity index (χ4v) is 18.2. The highest BCUT2D eigenvalue weighted by atomic mass is 16.8. The van der Waals surface area contributed by atoms with Crippen molar-refractivity contribution in [2.45, 2.75) is 379 Å². The second kappa shape index (κ2) is 50.7. The molecule has 11 aliphatic heterocycles. The molecule has 62 nitrogen and oxygen atoms in total. The second-order valence-electron chi connectivity index (χ2n) is 35.2. The molecule has 808 valence electrons. The van der Waals surface area contributed by atoms with Gasteiger partial charge in [0.1, 0.15) is 268 Å². The van der Waals surface area contributed by atoms with Gasteiger partial charge >= 0.3 is 0 Å². The summed E-state index contributed by atoms with van der Waals surface area (Å²) in [4.78, 5) is 78.1. The van der Waals surface area contributed by atoms with Crippen LogP contribution in [0.25, 0.3) is 0 Å². The Morgan fingerprint density at radius 1 is 0.186 bits per heavy atom. The van der Waals surface area contributed by atoms with Gasteiger partial charge in [0, 0.05) is 41.5 Å². The van der Waals surface area contributed by atoms with E-state index in [1.165, 1.54) is 0 Å². The Bertz CT molecular complexity index is 3920. The van der Waals surface area contributed by atoms with Gasteiger partial charge < -0.3 is 279 Å². The molecule has 0 bridgehead atoms. The van der Waals surface area contributed by atoms with E-state index in [9.17, 15) is 177 Å². The first-order valence-electron chi connectivity index (χ1n) is 44.6. The Hall–Kier alpha value is -5.18. The number of carbonyl (C=O) groups excluding carboxylic acids is 6. The number of hydrogen-bond donors (Lipinski definition) is 35. The maximum absolute atomic E-state index is 13.4. The molecule has 0 aliphatic carbocycles. The summed E-state index contributed by atoms with van der Waals surface area (Å²) in [5.74, 6) is -5.73. The summed E-state index contributed by atoms with van der Waals surface area (Å²) in [6.07, 6.45) is -105. The standard InChI is InChI=1S/C78H130N6O56/c1-18(95)79-35-48(108)59(30(13-91)121-68(35)119)132-69-36(80-19(2)96)51(111)62(33(16-94)128-69)135-76-58(118)65(138-78-67(55(115)44(104)27(10-88)127-78)140-71-38(82-21(4)98)50(110)61(32(15-93)130-71)134-73-40(84-23(6)100)64(46(106)29(12-90)123-73)137-75-57(117)53(113)42(102)25(8-86)125-75)47(107)34(131-76)17-120-77-66(54(114)43(103)26(9-87)126-77)139-70-37(81-20(3)97)49(109)60(31(14-92)129-70)133-72-39(83-22(5)99)63(45(105)28(11-89)122-72)136-74-56(116)52(112)41(101)24(7-85)124-74/h24-78,85-94,101-119H,7-17H2,1-6H3,(H,79,95)(H,80,96)(H,81,97)(H,82,98)(H,83,99)(H,84,100)/t24-,25-,26-,27-,28-,29-,30-,31-,32-,33-,34-,35-,36-,37-,38-,39-,40-,41+,42+,43-,44-,45+,46+,47-,48-,49-,50-,51-,52+,53+,54+,55+,56-,57-,58+,59-,60-,61-,62-,63-,64-,65+,66+,67+,68-,69+,70+,71+,72+,73+,74+,75+,76+,77+,78-/m1/s1. The molecule has 0 spiro atoms. The van der Waals surface area contributed by atoms with Crippen molar-refractivity contribution in [3.63, 3.8) is 0 Å². The number of carbonyl (C=O) groups is 6. The van der Waals surface area contributed by atoms with Gasteiger partial charge in [-0.05, 0) is 0 Å². The summed E-state index contributed by atoms with van der Waals surface area (Å²) in [7, 11) is 0. The average molecular weight is 2050 g/mol. The van der Waals surface area contributed by atoms with Crippen LogP contribution < -0.4 is 31.9 Å². The van der Waals surface area contributed by atoms with Crippen LogP contribution in [0.4, 0.5) is 0 Å². The number of aliphatic hydroxyl groups excluding tert-OH is 29. The van der Waals surface area contributed by atoms with Crippen LogP contribution in [0.3, 0.4) is 0 Å². The van der Waals surface area contributed by atoms with Gasteiger partial charge in [-0.25, -0.2) is 0 Å². The molecule has 62 heteroatoms. The van der Waals surface area contributed by atoms with E-state index in [0.717, 1.165) is 41.5 Å². The first kappa shape index (κ1) is 115. The molecular formula is C78H130N6O56. The van der Waals surface area contributed by atoms with Gasteiger partial charge in [0.15, 0.2) is 69.2 Å². The summed E-state index contributed by atoms with van der Waals surface area (Å²) in [6.45, 7) is -7.09. The van der Waals surface area contributed by atoms with Crippen molar-refractivity contribution in [1.29, 1.82) is 0 Å². The molecule has 0 unspecified atom stereocenters.